The molecule has 0 saturated carbocycles. The van der Waals surface area contributed by atoms with Crippen molar-refractivity contribution >= 4 is 44.3 Å². The van der Waals surface area contributed by atoms with Crippen molar-refractivity contribution in [2.75, 3.05) is 22.7 Å². The van der Waals surface area contributed by atoms with Crippen molar-refractivity contribution in [1.29, 1.82) is 0 Å². The number of thiophene rings is 1. The minimum absolute atomic E-state index is 0.226. The first-order valence-corrected chi connectivity index (χ1v) is 12.5. The number of hydrogen-bond acceptors (Lipinski definition) is 5. The zero-order valence-electron chi connectivity index (χ0n) is 16.8. The molecule has 2 N–H and O–H groups in total. The Labute approximate surface area is 186 Å². The summed E-state index contributed by atoms with van der Waals surface area (Å²) in [6, 6.07) is 18.9. The fourth-order valence-electron chi connectivity index (χ4n) is 3.79. The molecule has 2 heterocycles. The predicted molar refractivity (Wildman–Crippen MR) is 126 cm³/mol. The van der Waals surface area contributed by atoms with Crippen molar-refractivity contribution in [1.82, 2.24) is 5.32 Å². The van der Waals surface area contributed by atoms with Gasteiger partial charge in [-0.05, 0) is 61.9 Å². The second kappa shape index (κ2) is 8.59. The Hall–Kier alpha value is -2.06. The van der Waals surface area contributed by atoms with Crippen molar-refractivity contribution in [2.45, 2.75) is 30.8 Å². The van der Waals surface area contributed by atoms with E-state index in [1.807, 2.05) is 30.3 Å². The Balaban J connectivity index is 1.52. The number of benzene rings is 2. The van der Waals surface area contributed by atoms with Gasteiger partial charge in [-0.3, -0.25) is 4.72 Å². The third-order valence-electron chi connectivity index (χ3n) is 5.04. The molecule has 2 atom stereocenters. The van der Waals surface area contributed by atoms with Crippen molar-refractivity contribution in [3.63, 3.8) is 0 Å². The Morgan fingerprint density at radius 3 is 2.37 bits per heavy atom. The highest BCUT2D eigenvalue weighted by Gasteiger charge is 2.22. The average molecular weight is 462 g/mol. The molecule has 1 aromatic heterocycles. The largest absolute Gasteiger partial charge is 0.368 e. The van der Waals surface area contributed by atoms with Crippen LogP contribution in [0.25, 0.3) is 10.4 Å². The molecule has 30 heavy (non-hydrogen) atoms. The van der Waals surface area contributed by atoms with Gasteiger partial charge in [0.05, 0.1) is 14.9 Å². The fraction of sp³-hybridized carbons (Fsp3) is 0.273. The Morgan fingerprint density at radius 2 is 1.73 bits per heavy atom. The van der Waals surface area contributed by atoms with Crippen molar-refractivity contribution in [3.8, 4) is 10.4 Å². The normalized spacial score (nSPS) is 19.6. The van der Waals surface area contributed by atoms with Crippen molar-refractivity contribution < 1.29 is 8.42 Å². The first-order valence-electron chi connectivity index (χ1n) is 9.80. The molecule has 3 aromatic rings. The minimum Gasteiger partial charge on any atom is -0.368 e. The van der Waals surface area contributed by atoms with Crippen LogP contribution in [0.15, 0.2) is 65.6 Å². The van der Waals surface area contributed by atoms with Crippen LogP contribution in [0.5, 0.6) is 0 Å². The third-order valence-corrected chi connectivity index (χ3v) is 7.72. The lowest BCUT2D eigenvalue weighted by Gasteiger charge is -2.37. The fourth-order valence-corrected chi connectivity index (χ4v) is 5.88. The summed E-state index contributed by atoms with van der Waals surface area (Å²) in [6.07, 6.45) is 0. The third kappa shape index (κ3) is 4.81. The second-order valence-corrected chi connectivity index (χ2v) is 11.1. The lowest BCUT2D eigenvalue weighted by molar-refractivity contribution is 0.407. The van der Waals surface area contributed by atoms with Crippen LogP contribution < -0.4 is 14.9 Å². The Morgan fingerprint density at radius 1 is 1.03 bits per heavy atom. The quantitative estimate of drug-likeness (QED) is 0.557. The number of piperazine rings is 1. The van der Waals surface area contributed by atoms with E-state index in [-0.39, 0.29) is 4.90 Å². The molecule has 158 valence electrons. The van der Waals surface area contributed by atoms with Gasteiger partial charge in [0, 0.05) is 35.7 Å². The number of nitrogens with one attached hydrogen (secondary N) is 2. The SMILES string of the molecule is CC1CN(c2cccc(NS(=O)(=O)c3ccc(-c4ccc(Cl)s4)cc3)c2)CC(C)N1. The molecule has 0 aliphatic carbocycles. The number of rotatable bonds is 5. The molecular formula is C22H24ClN3O2S2. The lowest BCUT2D eigenvalue weighted by Crippen LogP contribution is -2.54. The van der Waals surface area contributed by atoms with Crippen LogP contribution in [0.3, 0.4) is 0 Å². The predicted octanol–water partition coefficient (Wildman–Crippen LogP) is 5.06. The van der Waals surface area contributed by atoms with Crippen molar-refractivity contribution in [3.05, 3.63) is 65.0 Å². The van der Waals surface area contributed by atoms with Crippen molar-refractivity contribution in [2.24, 2.45) is 0 Å². The maximum Gasteiger partial charge on any atom is 0.261 e. The number of nitrogens with zero attached hydrogens (tertiary/aromatic N) is 1. The summed E-state index contributed by atoms with van der Waals surface area (Å²) >= 11 is 7.46. The van der Waals surface area contributed by atoms with Gasteiger partial charge in [0.15, 0.2) is 0 Å². The molecule has 1 aliphatic heterocycles. The molecule has 5 nitrogen and oxygen atoms in total. The van der Waals surface area contributed by atoms with E-state index in [0.717, 1.165) is 29.2 Å². The molecule has 0 radical (unpaired) electrons. The molecule has 0 spiro atoms. The maximum absolute atomic E-state index is 12.9. The molecule has 1 aliphatic rings. The van der Waals surface area contributed by atoms with Gasteiger partial charge < -0.3 is 10.2 Å². The van der Waals surface area contributed by atoms with E-state index < -0.39 is 10.0 Å². The van der Waals surface area contributed by atoms with Crippen LogP contribution in [-0.2, 0) is 10.0 Å². The molecule has 0 amide bonds. The van der Waals surface area contributed by atoms with E-state index >= 15 is 0 Å². The lowest BCUT2D eigenvalue weighted by atomic mass is 10.1. The van der Waals surface area contributed by atoms with E-state index in [9.17, 15) is 8.42 Å². The molecule has 0 bridgehead atoms. The van der Waals surface area contributed by atoms with Gasteiger partial charge in [-0.1, -0.05) is 29.8 Å². The highest BCUT2D eigenvalue weighted by Crippen LogP contribution is 2.32. The Kier molecular flexibility index (Phi) is 6.06. The molecular weight excluding hydrogens is 438 g/mol. The van der Waals surface area contributed by atoms with Gasteiger partial charge in [0.25, 0.3) is 10.0 Å². The number of anilines is 2. The smallest absolute Gasteiger partial charge is 0.261 e. The summed E-state index contributed by atoms with van der Waals surface area (Å²) in [6.45, 7) is 6.08. The van der Waals surface area contributed by atoms with Crippen LogP contribution in [0.1, 0.15) is 13.8 Å². The monoisotopic (exact) mass is 461 g/mol. The van der Waals surface area contributed by atoms with Crippen LogP contribution in [0.2, 0.25) is 4.34 Å². The number of hydrogen-bond donors (Lipinski definition) is 2. The standard InChI is InChI=1S/C22H24ClN3O2S2/c1-15-13-26(14-16(2)24-15)19-5-3-4-18(12-19)25-30(27,28)20-8-6-17(7-9-20)21-10-11-22(23)29-21/h3-12,15-16,24-25H,13-14H2,1-2H3. The maximum atomic E-state index is 12.9. The topological polar surface area (TPSA) is 61.4 Å². The van der Waals surface area contributed by atoms with E-state index in [4.69, 9.17) is 11.6 Å². The van der Waals surface area contributed by atoms with Crippen LogP contribution >= 0.6 is 22.9 Å². The Bertz CT molecular complexity index is 1120. The van der Waals surface area contributed by atoms with E-state index in [2.05, 4.69) is 28.8 Å². The number of halogens is 1. The minimum atomic E-state index is -3.68. The zero-order valence-corrected chi connectivity index (χ0v) is 19.2. The van der Waals surface area contributed by atoms with Crippen LogP contribution in [-0.4, -0.2) is 33.6 Å². The summed E-state index contributed by atoms with van der Waals surface area (Å²) in [7, 11) is -3.68. The van der Waals surface area contributed by atoms with Crippen LogP contribution in [0.4, 0.5) is 11.4 Å². The molecule has 1 saturated heterocycles. The molecule has 8 heteroatoms. The summed E-state index contributed by atoms with van der Waals surface area (Å²) in [5.74, 6) is 0. The van der Waals surface area contributed by atoms with E-state index in [1.54, 1.807) is 30.3 Å². The summed E-state index contributed by atoms with van der Waals surface area (Å²) in [4.78, 5) is 3.51. The van der Waals surface area contributed by atoms with Gasteiger partial charge in [0.1, 0.15) is 0 Å². The average Bonchev–Trinajstić information content (AvgIpc) is 3.14. The van der Waals surface area contributed by atoms with Gasteiger partial charge in [-0.15, -0.1) is 11.3 Å². The molecule has 4 rings (SSSR count). The summed E-state index contributed by atoms with van der Waals surface area (Å²) < 4.78 is 29.2. The van der Waals surface area contributed by atoms with Gasteiger partial charge in [0.2, 0.25) is 0 Å². The van der Waals surface area contributed by atoms with Gasteiger partial charge >= 0.3 is 0 Å². The van der Waals surface area contributed by atoms with Gasteiger partial charge in [-0.2, -0.15) is 0 Å². The molecule has 2 unspecified atom stereocenters. The number of sulfonamides is 1. The zero-order chi connectivity index (χ0) is 21.3. The second-order valence-electron chi connectivity index (χ2n) is 7.66. The summed E-state index contributed by atoms with van der Waals surface area (Å²) in [5, 5.41) is 3.51. The highest BCUT2D eigenvalue weighted by atomic mass is 35.5. The first-order chi connectivity index (χ1) is 14.3. The van der Waals surface area contributed by atoms with E-state index in [1.165, 1.54) is 11.3 Å². The van der Waals surface area contributed by atoms with Crippen LogP contribution in [0, 0.1) is 0 Å². The molecule has 1 fully saturated rings. The van der Waals surface area contributed by atoms with E-state index in [0.29, 0.717) is 22.1 Å². The molecule has 2 aromatic carbocycles. The first kappa shape index (κ1) is 21.2. The van der Waals surface area contributed by atoms with Gasteiger partial charge in [-0.25, -0.2) is 8.42 Å². The highest BCUT2D eigenvalue weighted by molar-refractivity contribution is 7.92. The summed E-state index contributed by atoms with van der Waals surface area (Å²) in [5.41, 5.74) is 2.51.